The molecule has 4 aromatic rings. The Hall–Kier alpha value is -4.33. The van der Waals surface area contributed by atoms with E-state index < -0.39 is 0 Å². The van der Waals surface area contributed by atoms with Crippen LogP contribution in [-0.4, -0.2) is 31.0 Å². The van der Waals surface area contributed by atoms with Gasteiger partial charge in [-0.1, -0.05) is 17.7 Å². The summed E-state index contributed by atoms with van der Waals surface area (Å²) in [5.41, 5.74) is 5.08. The average molecular weight is 445 g/mol. The van der Waals surface area contributed by atoms with E-state index in [0.29, 0.717) is 28.4 Å². The van der Waals surface area contributed by atoms with Gasteiger partial charge in [-0.05, 0) is 43.3 Å². The molecule has 1 heterocycles. The molecule has 1 aromatic heterocycles. The van der Waals surface area contributed by atoms with E-state index in [0.717, 1.165) is 28.0 Å². The number of imidazole rings is 1. The van der Waals surface area contributed by atoms with E-state index in [1.165, 1.54) is 21.1 Å². The summed E-state index contributed by atoms with van der Waals surface area (Å²) in [6, 6.07) is 16.5. The minimum Gasteiger partial charge on any atom is -0.493 e. The van der Waals surface area contributed by atoms with Crippen molar-refractivity contribution in [1.82, 2.24) is 4.98 Å². The zero-order valence-corrected chi connectivity index (χ0v) is 18.8. The van der Waals surface area contributed by atoms with Crippen molar-refractivity contribution in [2.75, 3.05) is 24.9 Å². The maximum atomic E-state index is 12.9. The molecule has 0 aliphatic rings. The fraction of sp³-hybridized carbons (Fsp3) is 0.160. The maximum Gasteiger partial charge on any atom is 0.285 e. The van der Waals surface area contributed by atoms with Crippen LogP contribution in [-0.2, 0) is 4.79 Å². The van der Waals surface area contributed by atoms with Crippen LogP contribution in [0.5, 0.6) is 11.5 Å². The molecule has 3 aromatic carbocycles. The van der Waals surface area contributed by atoms with Crippen molar-refractivity contribution >= 4 is 34.2 Å². The van der Waals surface area contributed by atoms with Crippen LogP contribution in [0.1, 0.15) is 22.8 Å². The molecule has 4 N–H and O–H groups in total. The Kier molecular flexibility index (Phi) is 5.99. The minimum atomic E-state index is -0.321. The summed E-state index contributed by atoms with van der Waals surface area (Å²) in [6.45, 7) is 3.47. The van der Waals surface area contributed by atoms with E-state index in [4.69, 9.17) is 9.47 Å². The van der Waals surface area contributed by atoms with Crippen LogP contribution in [0.2, 0.25) is 0 Å². The highest BCUT2D eigenvalue weighted by Gasteiger charge is 2.19. The molecule has 168 valence electrons. The van der Waals surface area contributed by atoms with Crippen molar-refractivity contribution in [3.63, 3.8) is 0 Å². The molecule has 2 amide bonds. The molecule has 0 aliphatic carbocycles. The number of amides is 2. The van der Waals surface area contributed by atoms with Gasteiger partial charge >= 0.3 is 0 Å². The van der Waals surface area contributed by atoms with Crippen molar-refractivity contribution in [1.29, 1.82) is 0 Å². The summed E-state index contributed by atoms with van der Waals surface area (Å²) in [6.07, 6.45) is 0. The topological polar surface area (TPSA) is 107 Å². The predicted octanol–water partition coefficient (Wildman–Crippen LogP) is 4.19. The van der Waals surface area contributed by atoms with Crippen molar-refractivity contribution in [2.24, 2.45) is 0 Å². The van der Waals surface area contributed by atoms with Crippen LogP contribution in [0.15, 0.2) is 54.6 Å². The van der Waals surface area contributed by atoms with Crippen molar-refractivity contribution in [3.8, 4) is 22.9 Å². The fourth-order valence-corrected chi connectivity index (χ4v) is 3.57. The number of ether oxygens (including phenoxy) is 2. The van der Waals surface area contributed by atoms with E-state index in [1.54, 1.807) is 24.3 Å². The lowest BCUT2D eigenvalue weighted by Gasteiger charge is -2.11. The van der Waals surface area contributed by atoms with Gasteiger partial charge in [0.1, 0.15) is 0 Å². The molecule has 0 aliphatic heterocycles. The van der Waals surface area contributed by atoms with Crippen molar-refractivity contribution in [3.05, 3.63) is 65.7 Å². The molecule has 33 heavy (non-hydrogen) atoms. The van der Waals surface area contributed by atoms with E-state index in [2.05, 4.69) is 20.6 Å². The number of rotatable bonds is 6. The second kappa shape index (κ2) is 9.04. The molecule has 8 nitrogen and oxygen atoms in total. The number of benzene rings is 3. The van der Waals surface area contributed by atoms with Crippen LogP contribution in [0.3, 0.4) is 0 Å². The molecule has 0 saturated carbocycles. The fourth-order valence-electron chi connectivity index (χ4n) is 3.57. The largest absolute Gasteiger partial charge is 0.493 e. The number of carbonyl (C=O) groups excluding carboxylic acids is 2. The first kappa shape index (κ1) is 21.9. The Balaban J connectivity index is 1.70. The van der Waals surface area contributed by atoms with Gasteiger partial charge in [-0.3, -0.25) is 9.59 Å². The zero-order chi connectivity index (χ0) is 23.5. The Morgan fingerprint density at radius 1 is 0.909 bits per heavy atom. The van der Waals surface area contributed by atoms with E-state index in [1.807, 2.05) is 37.3 Å². The molecule has 0 spiro atoms. The number of hydrogen-bond donors (Lipinski definition) is 3. The number of aryl methyl sites for hydroxylation is 1. The Morgan fingerprint density at radius 3 is 2.30 bits per heavy atom. The first-order valence-electron chi connectivity index (χ1n) is 10.3. The highest BCUT2D eigenvalue weighted by molar-refractivity contribution is 6.07. The van der Waals surface area contributed by atoms with Gasteiger partial charge < -0.3 is 20.1 Å². The van der Waals surface area contributed by atoms with Gasteiger partial charge in [0.25, 0.3) is 11.7 Å². The van der Waals surface area contributed by atoms with Gasteiger partial charge in [-0.25, -0.2) is 9.97 Å². The molecule has 8 heteroatoms. The third kappa shape index (κ3) is 4.64. The van der Waals surface area contributed by atoms with Gasteiger partial charge in [0.2, 0.25) is 5.91 Å². The van der Waals surface area contributed by atoms with Crippen molar-refractivity contribution < 1.29 is 24.0 Å². The molecular weight excluding hydrogens is 420 g/mol. The number of fused-ring (bicyclic) bond motifs is 1. The minimum absolute atomic E-state index is 0.217. The van der Waals surface area contributed by atoms with Gasteiger partial charge in [0, 0.05) is 24.2 Å². The first-order chi connectivity index (χ1) is 15.9. The van der Waals surface area contributed by atoms with Crippen LogP contribution in [0, 0.1) is 6.92 Å². The quantitative estimate of drug-likeness (QED) is 0.414. The molecule has 4 rings (SSSR count). The third-order valence-electron chi connectivity index (χ3n) is 5.20. The SMILES string of the molecule is COc1ccc(C(=O)Nc2cc(NC(C)=O)c3[nH+]c(-c4ccc(C)cc4)[nH]c3c2)cc1OC. The number of H-pyrrole nitrogens is 2. The molecular formula is C25H25N4O4+. The number of aromatic nitrogens is 2. The summed E-state index contributed by atoms with van der Waals surface area (Å²) in [5, 5.41) is 5.72. The van der Waals surface area contributed by atoms with Crippen LogP contribution in [0.4, 0.5) is 11.4 Å². The summed E-state index contributed by atoms with van der Waals surface area (Å²) in [4.78, 5) is 31.4. The van der Waals surface area contributed by atoms with Crippen LogP contribution >= 0.6 is 0 Å². The molecule has 0 unspecified atom stereocenters. The number of nitrogens with one attached hydrogen (secondary N) is 4. The zero-order valence-electron chi connectivity index (χ0n) is 18.8. The van der Waals surface area contributed by atoms with Crippen LogP contribution < -0.4 is 25.1 Å². The Labute approximate surface area is 190 Å². The third-order valence-corrected chi connectivity index (χ3v) is 5.20. The maximum absolute atomic E-state index is 12.9. The van der Waals surface area contributed by atoms with E-state index in [9.17, 15) is 9.59 Å². The predicted molar refractivity (Wildman–Crippen MR) is 127 cm³/mol. The standard InChI is InChI=1S/C25H24N4O4/c1-14-5-7-16(8-6-14)24-28-20-13-18(12-19(23(20)29-24)26-15(2)30)27-25(31)17-9-10-21(32-3)22(11-17)33-4/h5-13H,1-4H3,(H,26,30)(H,27,31)(H,28,29)/p+1. The van der Waals surface area contributed by atoms with E-state index in [-0.39, 0.29) is 11.8 Å². The molecule has 0 radical (unpaired) electrons. The number of carbonyl (C=O) groups is 2. The first-order valence-corrected chi connectivity index (χ1v) is 10.3. The summed E-state index contributed by atoms with van der Waals surface area (Å²) in [5.74, 6) is 1.25. The number of anilines is 2. The van der Waals surface area contributed by atoms with Gasteiger partial charge in [0.05, 0.1) is 25.5 Å². The normalized spacial score (nSPS) is 10.7. The van der Waals surface area contributed by atoms with Gasteiger partial charge in [-0.2, -0.15) is 0 Å². The Morgan fingerprint density at radius 2 is 1.64 bits per heavy atom. The smallest absolute Gasteiger partial charge is 0.285 e. The summed E-state index contributed by atoms with van der Waals surface area (Å²) in [7, 11) is 3.05. The lowest BCUT2D eigenvalue weighted by Crippen LogP contribution is -2.14. The van der Waals surface area contributed by atoms with Crippen LogP contribution in [0.25, 0.3) is 22.4 Å². The number of aromatic amines is 2. The molecule has 0 fully saturated rings. The monoisotopic (exact) mass is 445 g/mol. The second-order valence-electron chi connectivity index (χ2n) is 7.64. The Bertz CT molecular complexity index is 1340. The summed E-state index contributed by atoms with van der Waals surface area (Å²) < 4.78 is 10.5. The van der Waals surface area contributed by atoms with Gasteiger partial charge in [-0.15, -0.1) is 0 Å². The lowest BCUT2D eigenvalue weighted by molar-refractivity contribution is -0.329. The lowest BCUT2D eigenvalue weighted by atomic mass is 10.1. The molecule has 0 atom stereocenters. The number of hydrogen-bond acceptors (Lipinski definition) is 4. The number of methoxy groups -OCH3 is 2. The average Bonchev–Trinajstić information content (AvgIpc) is 3.23. The highest BCUT2D eigenvalue weighted by atomic mass is 16.5. The second-order valence-corrected chi connectivity index (χ2v) is 7.64. The van der Waals surface area contributed by atoms with Gasteiger partial charge in [0.15, 0.2) is 22.5 Å². The molecule has 0 saturated heterocycles. The molecule has 0 bridgehead atoms. The van der Waals surface area contributed by atoms with Crippen molar-refractivity contribution in [2.45, 2.75) is 13.8 Å². The highest BCUT2D eigenvalue weighted by Crippen LogP contribution is 2.30. The summed E-state index contributed by atoms with van der Waals surface area (Å²) >= 11 is 0. The van der Waals surface area contributed by atoms with E-state index >= 15 is 0 Å².